The Labute approximate surface area is 258 Å². The second-order valence-electron chi connectivity index (χ2n) is 12.4. The van der Waals surface area contributed by atoms with Crippen molar-refractivity contribution in [2.75, 3.05) is 42.4 Å². The van der Waals surface area contributed by atoms with Crippen LogP contribution in [0, 0.1) is 5.92 Å². The highest BCUT2D eigenvalue weighted by molar-refractivity contribution is 7.90. The zero-order valence-corrected chi connectivity index (χ0v) is 26.9. The first kappa shape index (κ1) is 29.8. The van der Waals surface area contributed by atoms with E-state index >= 15 is 0 Å². The minimum Gasteiger partial charge on any atom is -0.368 e. The number of rotatable bonds is 9. The van der Waals surface area contributed by atoms with Crippen molar-refractivity contribution in [1.82, 2.24) is 29.6 Å². The number of benzene rings is 1. The Balaban J connectivity index is 1.25. The van der Waals surface area contributed by atoms with E-state index in [2.05, 4.69) is 71.2 Å². The molecule has 0 aliphatic carbocycles. The summed E-state index contributed by atoms with van der Waals surface area (Å²) in [6, 6.07) is 8.78. The minimum atomic E-state index is -3.02. The summed E-state index contributed by atoms with van der Waals surface area (Å²) in [4.78, 5) is 18.6. The van der Waals surface area contributed by atoms with Gasteiger partial charge in [0.05, 0.1) is 17.9 Å². The summed E-state index contributed by atoms with van der Waals surface area (Å²) in [5.41, 5.74) is 3.00. The fourth-order valence-electron chi connectivity index (χ4n) is 6.41. The lowest BCUT2D eigenvalue weighted by Crippen LogP contribution is -2.57. The molecule has 2 saturated heterocycles. The molecule has 1 aromatic carbocycles. The SMILES string of the molecule is CC(C)c1ccc(N2C[C@H](CS(C)(=O)=O)[C@H]2C)c2cnc(Nc3ccnc(-c4cn(C[C@H]5CCCN5C)nc4Cl)n3)cc12. The number of likely N-dealkylation sites (tertiary alicyclic amines) is 1. The third-order valence-corrected chi connectivity index (χ3v) is 10.2. The lowest BCUT2D eigenvalue weighted by Gasteiger charge is -2.48. The van der Waals surface area contributed by atoms with E-state index in [1.807, 2.05) is 23.1 Å². The van der Waals surface area contributed by atoms with Crippen LogP contribution in [0.1, 0.15) is 45.1 Å². The van der Waals surface area contributed by atoms with Gasteiger partial charge in [0.25, 0.3) is 0 Å². The number of anilines is 3. The Hall–Kier alpha value is -3.28. The van der Waals surface area contributed by atoms with Crippen LogP contribution in [0.4, 0.5) is 17.3 Å². The molecule has 0 radical (unpaired) electrons. The van der Waals surface area contributed by atoms with Crippen LogP contribution >= 0.6 is 11.6 Å². The number of sulfone groups is 1. The Kier molecular flexibility index (Phi) is 8.08. The van der Waals surface area contributed by atoms with Crippen LogP contribution in [0.5, 0.6) is 0 Å². The van der Waals surface area contributed by atoms with Crippen LogP contribution in [0.25, 0.3) is 22.2 Å². The van der Waals surface area contributed by atoms with Gasteiger partial charge >= 0.3 is 0 Å². The zero-order chi connectivity index (χ0) is 30.5. The Bertz CT molecular complexity index is 1760. The number of likely N-dealkylation sites (N-methyl/N-ethyl adjacent to an activating group) is 1. The highest BCUT2D eigenvalue weighted by atomic mass is 35.5. The molecular formula is C31H39ClN8O2S. The largest absolute Gasteiger partial charge is 0.368 e. The second kappa shape index (κ2) is 11.7. The lowest BCUT2D eigenvalue weighted by atomic mass is 9.88. The molecule has 2 fully saturated rings. The van der Waals surface area contributed by atoms with Gasteiger partial charge in [-0.1, -0.05) is 31.5 Å². The van der Waals surface area contributed by atoms with Gasteiger partial charge < -0.3 is 15.1 Å². The molecule has 0 unspecified atom stereocenters. The van der Waals surface area contributed by atoms with Crippen LogP contribution in [0.2, 0.25) is 5.15 Å². The first-order valence-corrected chi connectivity index (χ1v) is 17.3. The first-order chi connectivity index (χ1) is 20.5. The van der Waals surface area contributed by atoms with Crippen LogP contribution in [0.3, 0.4) is 0 Å². The highest BCUT2D eigenvalue weighted by Crippen LogP contribution is 2.39. The first-order valence-electron chi connectivity index (χ1n) is 14.9. The normalized spacial score (nSPS) is 21.1. The van der Waals surface area contributed by atoms with Crippen LogP contribution < -0.4 is 10.2 Å². The standard InChI is InChI=1S/C31H39ClN8O2S/c1-19(2)23-8-9-27(40-15-21(20(40)3)18-43(5,41)42)25-14-34-29(13-24(23)25)35-28-10-11-33-31(36-28)26-17-39(37-30(26)32)16-22-7-6-12-38(22)4/h8-11,13-14,17,19-22H,6-7,12,15-16,18H2,1-5H3,(H,33,34,35,36)/t20-,21-,22-/m1/s1. The van der Waals surface area contributed by atoms with Crippen molar-refractivity contribution >= 4 is 49.5 Å². The van der Waals surface area contributed by atoms with E-state index in [0.29, 0.717) is 46.7 Å². The van der Waals surface area contributed by atoms with Crippen molar-refractivity contribution in [3.63, 3.8) is 0 Å². The van der Waals surface area contributed by atoms with E-state index in [-0.39, 0.29) is 17.7 Å². The topological polar surface area (TPSA) is 109 Å². The molecule has 0 bridgehead atoms. The van der Waals surface area contributed by atoms with Gasteiger partial charge in [0.2, 0.25) is 0 Å². The van der Waals surface area contributed by atoms with Crippen molar-refractivity contribution in [2.45, 2.75) is 58.2 Å². The summed E-state index contributed by atoms with van der Waals surface area (Å²) in [5.74, 6) is 2.44. The Morgan fingerprint density at radius 3 is 2.65 bits per heavy atom. The van der Waals surface area contributed by atoms with Crippen LogP contribution in [0.15, 0.2) is 42.9 Å². The molecule has 6 rings (SSSR count). The molecular weight excluding hydrogens is 584 g/mol. The smallest absolute Gasteiger partial charge is 0.166 e. The number of aromatic nitrogens is 5. The predicted molar refractivity (Wildman–Crippen MR) is 173 cm³/mol. The lowest BCUT2D eigenvalue weighted by molar-refractivity contribution is 0.274. The van der Waals surface area contributed by atoms with E-state index < -0.39 is 9.84 Å². The Morgan fingerprint density at radius 2 is 1.95 bits per heavy atom. The summed E-state index contributed by atoms with van der Waals surface area (Å²) in [7, 11) is -0.870. The van der Waals surface area contributed by atoms with E-state index in [4.69, 9.17) is 21.6 Å². The molecule has 12 heteroatoms. The summed E-state index contributed by atoms with van der Waals surface area (Å²) in [6.07, 6.45) is 9.20. The third-order valence-electron chi connectivity index (χ3n) is 8.90. The number of nitrogens with zero attached hydrogens (tertiary/aromatic N) is 7. The molecule has 2 aliphatic rings. The molecule has 5 heterocycles. The van der Waals surface area contributed by atoms with Gasteiger partial charge in [0.1, 0.15) is 21.5 Å². The van der Waals surface area contributed by atoms with Crippen molar-refractivity contribution in [1.29, 1.82) is 0 Å². The van der Waals surface area contributed by atoms with Crippen molar-refractivity contribution in [3.8, 4) is 11.4 Å². The molecule has 3 aromatic heterocycles. The summed E-state index contributed by atoms with van der Waals surface area (Å²) < 4.78 is 25.7. The summed E-state index contributed by atoms with van der Waals surface area (Å²) >= 11 is 6.54. The maximum Gasteiger partial charge on any atom is 0.166 e. The van der Waals surface area contributed by atoms with Gasteiger partial charge in [0, 0.05) is 60.5 Å². The highest BCUT2D eigenvalue weighted by Gasteiger charge is 2.38. The van der Waals surface area contributed by atoms with Gasteiger partial charge in [-0.3, -0.25) is 4.68 Å². The summed E-state index contributed by atoms with van der Waals surface area (Å²) in [6.45, 7) is 9.06. The number of fused-ring (bicyclic) bond motifs is 1. The fraction of sp³-hybridized carbons (Fsp3) is 0.484. The van der Waals surface area contributed by atoms with Gasteiger partial charge in [-0.2, -0.15) is 5.10 Å². The Morgan fingerprint density at radius 1 is 1.14 bits per heavy atom. The molecule has 3 atom stereocenters. The van der Waals surface area contributed by atoms with Gasteiger partial charge in [-0.25, -0.2) is 23.4 Å². The second-order valence-corrected chi connectivity index (χ2v) is 15.0. The van der Waals surface area contributed by atoms with Gasteiger partial charge in [-0.15, -0.1) is 0 Å². The average Bonchev–Trinajstić information content (AvgIpc) is 3.53. The minimum absolute atomic E-state index is 0.125. The molecule has 0 saturated carbocycles. The average molecular weight is 623 g/mol. The van der Waals surface area contributed by atoms with E-state index in [9.17, 15) is 8.42 Å². The molecule has 0 amide bonds. The van der Waals surface area contributed by atoms with Gasteiger partial charge in [0.15, 0.2) is 11.0 Å². The molecule has 43 heavy (non-hydrogen) atoms. The van der Waals surface area contributed by atoms with E-state index in [1.165, 1.54) is 18.2 Å². The monoisotopic (exact) mass is 622 g/mol. The fourth-order valence-corrected chi connectivity index (χ4v) is 7.80. The molecule has 0 spiro atoms. The summed E-state index contributed by atoms with van der Waals surface area (Å²) in [5, 5.41) is 10.4. The number of hydrogen-bond donors (Lipinski definition) is 1. The molecule has 1 N–H and O–H groups in total. The molecule has 4 aromatic rings. The van der Waals surface area contributed by atoms with Crippen molar-refractivity contribution in [3.05, 3.63) is 53.6 Å². The van der Waals surface area contributed by atoms with E-state index in [1.54, 1.807) is 6.20 Å². The number of nitrogens with one attached hydrogen (secondary N) is 1. The maximum absolute atomic E-state index is 11.9. The number of hydrogen-bond acceptors (Lipinski definition) is 9. The third kappa shape index (κ3) is 6.21. The van der Waals surface area contributed by atoms with Crippen LogP contribution in [-0.2, 0) is 16.4 Å². The van der Waals surface area contributed by atoms with E-state index in [0.717, 1.165) is 36.0 Å². The van der Waals surface area contributed by atoms with Crippen molar-refractivity contribution in [2.24, 2.45) is 5.92 Å². The number of halogens is 1. The maximum atomic E-state index is 11.9. The molecule has 2 aliphatic heterocycles. The number of pyridine rings is 1. The quantitative estimate of drug-likeness (QED) is 0.263. The predicted octanol–water partition coefficient (Wildman–Crippen LogP) is 5.37. The molecule has 228 valence electrons. The van der Waals surface area contributed by atoms with Crippen LogP contribution in [-0.4, -0.2) is 82.3 Å². The zero-order valence-electron chi connectivity index (χ0n) is 25.3. The van der Waals surface area contributed by atoms with Gasteiger partial charge in [-0.05, 0) is 68.4 Å². The van der Waals surface area contributed by atoms with Crippen molar-refractivity contribution < 1.29 is 8.42 Å². The molecule has 10 nitrogen and oxygen atoms in total.